The van der Waals surface area contributed by atoms with Crippen molar-refractivity contribution < 1.29 is 24.3 Å². The first kappa shape index (κ1) is 27.0. The molecule has 1 saturated heterocycles. The van der Waals surface area contributed by atoms with Crippen molar-refractivity contribution in [3.63, 3.8) is 0 Å². The molecule has 204 valence electrons. The lowest BCUT2D eigenvalue weighted by Gasteiger charge is -2.49. The van der Waals surface area contributed by atoms with Gasteiger partial charge in [0.05, 0.1) is 6.10 Å². The molecule has 3 N–H and O–H groups in total. The lowest BCUT2D eigenvalue weighted by molar-refractivity contribution is -0.152. The van der Waals surface area contributed by atoms with Crippen LogP contribution in [0.1, 0.15) is 45.6 Å². The molecule has 2 fully saturated rings. The van der Waals surface area contributed by atoms with Crippen molar-refractivity contribution in [3.8, 4) is 0 Å². The zero-order valence-corrected chi connectivity index (χ0v) is 22.7. The van der Waals surface area contributed by atoms with Crippen LogP contribution < -0.4 is 5.32 Å². The van der Waals surface area contributed by atoms with E-state index in [2.05, 4.69) is 16.9 Å². The predicted molar refractivity (Wildman–Crippen MR) is 149 cm³/mol. The Bertz CT molecular complexity index is 1430. The fourth-order valence-corrected chi connectivity index (χ4v) is 7.19. The maximum Gasteiger partial charge on any atom is 0.235 e. The highest BCUT2D eigenvalue weighted by Crippen LogP contribution is 2.57. The second kappa shape index (κ2) is 10.2. The van der Waals surface area contributed by atoms with Crippen LogP contribution in [0.2, 0.25) is 0 Å². The second-order valence-electron chi connectivity index (χ2n) is 11.5. The summed E-state index contributed by atoms with van der Waals surface area (Å²) >= 11 is 0. The van der Waals surface area contributed by atoms with Crippen LogP contribution in [0.3, 0.4) is 0 Å². The van der Waals surface area contributed by atoms with E-state index in [1.165, 1.54) is 0 Å². The van der Waals surface area contributed by atoms with Crippen LogP contribution in [0.15, 0.2) is 66.4 Å². The number of rotatable bonds is 2. The van der Waals surface area contributed by atoms with Crippen molar-refractivity contribution in [2.75, 3.05) is 0 Å². The monoisotopic (exact) mass is 528 g/mol. The summed E-state index contributed by atoms with van der Waals surface area (Å²) in [6.07, 6.45) is 6.79. The Labute approximate surface area is 228 Å². The zero-order chi connectivity index (χ0) is 28.1. The van der Waals surface area contributed by atoms with Crippen LogP contribution in [0.25, 0.3) is 10.9 Å². The van der Waals surface area contributed by atoms with Gasteiger partial charge in [0.1, 0.15) is 11.2 Å². The number of hydrogen-bond donors (Lipinski definition) is 3. The smallest absolute Gasteiger partial charge is 0.235 e. The number of allylic oxidation sites excluding steroid dienone is 3. The second-order valence-corrected chi connectivity index (χ2v) is 11.5. The average molecular weight is 529 g/mol. The molecule has 2 aliphatic carbocycles. The summed E-state index contributed by atoms with van der Waals surface area (Å²) < 4.78 is 0. The van der Waals surface area contributed by atoms with Crippen LogP contribution in [0, 0.1) is 29.1 Å². The summed E-state index contributed by atoms with van der Waals surface area (Å²) in [5, 5.41) is 15.6. The molecular weight excluding hydrogens is 492 g/mol. The molecule has 1 spiro atoms. The molecule has 1 amide bonds. The van der Waals surface area contributed by atoms with Crippen LogP contribution >= 0.6 is 0 Å². The van der Waals surface area contributed by atoms with Gasteiger partial charge in [-0.2, -0.15) is 0 Å². The minimum atomic E-state index is -1.57. The molecule has 1 aromatic heterocycles. The summed E-state index contributed by atoms with van der Waals surface area (Å²) in [5.41, 5.74) is 1.40. The number of H-pyrrole nitrogens is 1. The largest absolute Gasteiger partial charge is 0.388 e. The molecule has 1 aromatic carbocycles. The Morgan fingerprint density at radius 2 is 1.85 bits per heavy atom. The Morgan fingerprint density at radius 3 is 2.62 bits per heavy atom. The lowest BCUT2D eigenvalue weighted by atomic mass is 9.51. The van der Waals surface area contributed by atoms with E-state index in [-0.39, 0.29) is 30.7 Å². The number of aliphatic hydroxyl groups excluding tert-OH is 1. The molecule has 7 atom stereocenters. The quantitative estimate of drug-likeness (QED) is 0.309. The van der Waals surface area contributed by atoms with Gasteiger partial charge >= 0.3 is 0 Å². The van der Waals surface area contributed by atoms with Crippen LogP contribution in [0.5, 0.6) is 0 Å². The number of carbonyl (C=O) groups excluding carboxylic acids is 4. The fourth-order valence-electron chi connectivity index (χ4n) is 7.19. The van der Waals surface area contributed by atoms with Gasteiger partial charge in [-0.05, 0) is 54.4 Å². The predicted octanol–water partition coefficient (Wildman–Crippen LogP) is 4.02. The average Bonchev–Trinajstić information content (AvgIpc) is 3.45. The zero-order valence-electron chi connectivity index (χ0n) is 22.7. The molecule has 0 radical (unpaired) electrons. The molecule has 1 saturated carbocycles. The van der Waals surface area contributed by atoms with Crippen molar-refractivity contribution in [3.05, 3.63) is 72.0 Å². The number of carbonyl (C=O) groups is 4. The van der Waals surface area contributed by atoms with E-state index in [0.29, 0.717) is 24.0 Å². The van der Waals surface area contributed by atoms with E-state index in [4.69, 9.17) is 0 Å². The number of fused-ring (bicyclic) bond motifs is 1. The first-order valence-electron chi connectivity index (χ1n) is 13.8. The summed E-state index contributed by atoms with van der Waals surface area (Å²) in [5.74, 6) is -3.75. The van der Waals surface area contributed by atoms with Crippen molar-refractivity contribution >= 4 is 34.2 Å². The number of ketones is 3. The van der Waals surface area contributed by atoms with Gasteiger partial charge in [-0.1, -0.05) is 56.9 Å². The molecule has 7 unspecified atom stereocenters. The van der Waals surface area contributed by atoms with Crippen LogP contribution in [-0.2, 0) is 25.6 Å². The van der Waals surface area contributed by atoms with E-state index in [1.807, 2.05) is 50.4 Å². The number of benzene rings is 1. The summed E-state index contributed by atoms with van der Waals surface area (Å²) in [4.78, 5) is 57.0. The van der Waals surface area contributed by atoms with E-state index in [9.17, 15) is 24.3 Å². The molecule has 39 heavy (non-hydrogen) atoms. The number of para-hydroxylation sites is 1. The molecule has 1 aliphatic heterocycles. The topological polar surface area (TPSA) is 116 Å². The number of aromatic amines is 1. The van der Waals surface area contributed by atoms with Gasteiger partial charge in [-0.15, -0.1) is 0 Å². The first-order chi connectivity index (χ1) is 18.6. The van der Waals surface area contributed by atoms with Crippen LogP contribution in [0.4, 0.5) is 0 Å². The van der Waals surface area contributed by atoms with Gasteiger partial charge < -0.3 is 15.4 Å². The minimum Gasteiger partial charge on any atom is -0.388 e. The lowest BCUT2D eigenvalue weighted by Crippen LogP contribution is -2.58. The number of Topliss-reactive ketones (excluding diaryl/α,β-unsaturated/α-hetero) is 3. The van der Waals surface area contributed by atoms with Crippen LogP contribution in [-0.4, -0.2) is 45.5 Å². The fraction of sp³-hybridized carbons (Fsp3) is 0.438. The van der Waals surface area contributed by atoms with Gasteiger partial charge in [0.2, 0.25) is 17.5 Å². The Balaban J connectivity index is 1.60. The van der Waals surface area contributed by atoms with E-state index in [1.54, 1.807) is 19.1 Å². The highest BCUT2D eigenvalue weighted by Gasteiger charge is 2.68. The molecule has 2 heterocycles. The van der Waals surface area contributed by atoms with Crippen molar-refractivity contribution in [2.24, 2.45) is 29.1 Å². The van der Waals surface area contributed by atoms with Gasteiger partial charge in [-0.25, -0.2) is 0 Å². The number of aromatic nitrogens is 1. The minimum absolute atomic E-state index is 0.0453. The van der Waals surface area contributed by atoms with E-state index >= 15 is 0 Å². The molecule has 2 aromatic rings. The summed E-state index contributed by atoms with van der Waals surface area (Å²) in [7, 11) is 0. The first-order valence-corrected chi connectivity index (χ1v) is 13.8. The summed E-state index contributed by atoms with van der Waals surface area (Å²) in [6.45, 7) is 9.67. The number of nitrogens with one attached hydrogen (secondary N) is 2. The number of amides is 1. The molecule has 0 bridgehead atoms. The highest BCUT2D eigenvalue weighted by atomic mass is 16.3. The van der Waals surface area contributed by atoms with Gasteiger partial charge in [0.15, 0.2) is 0 Å². The Morgan fingerprint density at radius 1 is 1.10 bits per heavy atom. The maximum atomic E-state index is 14.2. The standard InChI is InChI=1S/C32H36N2O5/c1-17-8-7-10-23-30(38)20(4)19(3)28-25(15-21-16-33-24-11-6-5-9-22(21)24)34-31(39)32(23,28)27(36)13-12-26(35)29(37)18(2)14-17/h5-7,9-11,14,16-17,19,23,25,28,30,33,38H,4,8,12-13,15H2,1-3H3,(H,34,39). The van der Waals surface area contributed by atoms with Gasteiger partial charge in [0.25, 0.3) is 0 Å². The number of hydrogen-bond acceptors (Lipinski definition) is 5. The van der Waals surface area contributed by atoms with E-state index < -0.39 is 46.6 Å². The molecule has 7 heteroatoms. The van der Waals surface area contributed by atoms with Gasteiger partial charge in [-0.3, -0.25) is 19.2 Å². The van der Waals surface area contributed by atoms with Gasteiger partial charge in [0, 0.05) is 47.8 Å². The molecule has 7 nitrogen and oxygen atoms in total. The van der Waals surface area contributed by atoms with E-state index in [0.717, 1.165) is 16.5 Å². The SMILES string of the molecule is C=C1C(C)C2C(Cc3c[nH]c4ccccc34)NC(=O)C23C(=O)CCC(=O)C(=O)C(C)=CC(C)CC=CC3C1O. The third-order valence-corrected chi connectivity index (χ3v) is 9.17. The third-order valence-electron chi connectivity index (χ3n) is 9.17. The highest BCUT2D eigenvalue weighted by molar-refractivity contribution is 6.43. The maximum absolute atomic E-state index is 14.2. The molecule has 5 rings (SSSR count). The third kappa shape index (κ3) is 4.33. The van der Waals surface area contributed by atoms with Crippen molar-refractivity contribution in [2.45, 2.75) is 58.6 Å². The number of aliphatic hydroxyl groups is 1. The Kier molecular flexibility index (Phi) is 7.06. The van der Waals surface area contributed by atoms with Crippen molar-refractivity contribution in [1.29, 1.82) is 0 Å². The normalized spacial score (nSPS) is 34.1. The summed E-state index contributed by atoms with van der Waals surface area (Å²) in [6, 6.07) is 7.55. The molecule has 3 aliphatic rings. The Hall–Kier alpha value is -3.58. The molecular formula is C32H36N2O5. The van der Waals surface area contributed by atoms with Crippen molar-refractivity contribution in [1.82, 2.24) is 10.3 Å².